The second-order valence-electron chi connectivity index (χ2n) is 7.14. The van der Waals surface area contributed by atoms with Gasteiger partial charge < -0.3 is 24.5 Å². The molecule has 0 saturated heterocycles. The summed E-state index contributed by atoms with van der Waals surface area (Å²) in [5.41, 5.74) is 0.940. The van der Waals surface area contributed by atoms with Crippen LogP contribution < -0.4 is 20.1 Å². The smallest absolute Gasteiger partial charge is 0.252 e. The van der Waals surface area contributed by atoms with E-state index in [0.29, 0.717) is 28.6 Å². The van der Waals surface area contributed by atoms with Crippen molar-refractivity contribution in [1.82, 2.24) is 15.6 Å². The quantitative estimate of drug-likeness (QED) is 0.525. The number of hydrogen-bond donors (Lipinski definition) is 2. The number of nitrogens with zero attached hydrogens (tertiary/aromatic N) is 1. The van der Waals surface area contributed by atoms with Crippen molar-refractivity contribution in [2.45, 2.75) is 26.4 Å². The van der Waals surface area contributed by atoms with Gasteiger partial charge in [0.05, 0.1) is 31.3 Å². The highest BCUT2D eigenvalue weighted by Crippen LogP contribution is 2.24. The van der Waals surface area contributed by atoms with E-state index in [1.807, 2.05) is 31.4 Å². The minimum atomic E-state index is -0.728. The fourth-order valence-corrected chi connectivity index (χ4v) is 3.54. The number of oxazole rings is 1. The van der Waals surface area contributed by atoms with Gasteiger partial charge >= 0.3 is 0 Å². The molecule has 3 rings (SSSR count). The molecule has 2 heterocycles. The number of rotatable bonds is 9. The maximum absolute atomic E-state index is 12.8. The van der Waals surface area contributed by atoms with Crippen molar-refractivity contribution in [3.8, 4) is 22.3 Å². The van der Waals surface area contributed by atoms with Gasteiger partial charge in [0.1, 0.15) is 23.8 Å². The average molecular weight is 444 g/mol. The van der Waals surface area contributed by atoms with Crippen LogP contribution in [0.5, 0.6) is 11.5 Å². The van der Waals surface area contributed by atoms with Crippen molar-refractivity contribution < 1.29 is 23.5 Å². The Kier molecular flexibility index (Phi) is 7.30. The first kappa shape index (κ1) is 22.4. The molecule has 164 valence electrons. The number of benzene rings is 1. The number of amides is 2. The largest absolute Gasteiger partial charge is 0.497 e. The highest BCUT2D eigenvalue weighted by atomic mass is 32.1. The molecule has 9 heteroatoms. The Morgan fingerprint density at radius 1 is 1.16 bits per heavy atom. The van der Waals surface area contributed by atoms with Crippen molar-refractivity contribution in [2.75, 3.05) is 14.2 Å². The zero-order valence-electron chi connectivity index (χ0n) is 17.8. The molecule has 0 fully saturated rings. The number of nitrogens with one attached hydrogen (secondary N) is 2. The summed E-state index contributed by atoms with van der Waals surface area (Å²) in [7, 11) is 3.02. The van der Waals surface area contributed by atoms with Crippen molar-refractivity contribution in [3.63, 3.8) is 0 Å². The molecule has 8 nitrogen and oxygen atoms in total. The molecule has 2 aromatic heterocycles. The second-order valence-corrected chi connectivity index (χ2v) is 8.08. The Morgan fingerprint density at radius 2 is 1.87 bits per heavy atom. The number of hydrogen-bond acceptors (Lipinski definition) is 7. The molecule has 0 aliphatic carbocycles. The molecule has 0 spiro atoms. The van der Waals surface area contributed by atoms with Gasteiger partial charge in [0.25, 0.3) is 5.91 Å². The predicted molar refractivity (Wildman–Crippen MR) is 117 cm³/mol. The number of carbonyl (C=O) groups is 2. The van der Waals surface area contributed by atoms with E-state index in [2.05, 4.69) is 15.6 Å². The molecular weight excluding hydrogens is 418 g/mol. The molecule has 3 aromatic rings. The Morgan fingerprint density at radius 3 is 2.45 bits per heavy atom. The molecule has 0 saturated carbocycles. The summed E-state index contributed by atoms with van der Waals surface area (Å²) in [5, 5.41) is 7.55. The number of aromatic nitrogens is 1. The predicted octanol–water partition coefficient (Wildman–Crippen LogP) is 3.49. The molecule has 1 aromatic carbocycles. The number of ether oxygens (including phenoxy) is 2. The third-order valence-electron chi connectivity index (χ3n) is 4.58. The van der Waals surface area contributed by atoms with Gasteiger partial charge in [-0.3, -0.25) is 9.59 Å². The van der Waals surface area contributed by atoms with Crippen LogP contribution in [-0.4, -0.2) is 37.1 Å². The minimum Gasteiger partial charge on any atom is -0.497 e. The summed E-state index contributed by atoms with van der Waals surface area (Å²) in [6, 6.07) is 7.96. The van der Waals surface area contributed by atoms with Crippen LogP contribution in [-0.2, 0) is 11.3 Å². The van der Waals surface area contributed by atoms with Crippen molar-refractivity contribution in [3.05, 3.63) is 53.2 Å². The monoisotopic (exact) mass is 443 g/mol. The van der Waals surface area contributed by atoms with Crippen LogP contribution in [0.15, 0.2) is 46.4 Å². The van der Waals surface area contributed by atoms with Crippen LogP contribution in [0.1, 0.15) is 29.9 Å². The topological polar surface area (TPSA) is 103 Å². The molecule has 1 atom stereocenters. The van der Waals surface area contributed by atoms with Gasteiger partial charge in [0.2, 0.25) is 11.8 Å². The fraction of sp³-hybridized carbons (Fsp3) is 0.318. The summed E-state index contributed by atoms with van der Waals surface area (Å²) in [6.45, 7) is 3.92. The summed E-state index contributed by atoms with van der Waals surface area (Å²) in [4.78, 5) is 30.9. The zero-order chi connectivity index (χ0) is 22.4. The van der Waals surface area contributed by atoms with E-state index in [4.69, 9.17) is 13.9 Å². The molecule has 0 aliphatic rings. The minimum absolute atomic E-state index is 0.129. The average Bonchev–Trinajstić information content (AvgIpc) is 3.46. The van der Waals surface area contributed by atoms with Gasteiger partial charge in [0, 0.05) is 11.6 Å². The van der Waals surface area contributed by atoms with Crippen LogP contribution in [0.4, 0.5) is 0 Å². The lowest BCUT2D eigenvalue weighted by Gasteiger charge is -2.21. The lowest BCUT2D eigenvalue weighted by atomic mass is 10.0. The SMILES string of the molecule is COc1cc(OC)cc(C(=O)NC(C(=O)NCc2coc(-c3cccs3)n2)C(C)C)c1. The Balaban J connectivity index is 1.65. The van der Waals surface area contributed by atoms with Crippen LogP contribution in [0.3, 0.4) is 0 Å². The number of methoxy groups -OCH3 is 2. The van der Waals surface area contributed by atoms with Gasteiger partial charge in [-0.25, -0.2) is 4.98 Å². The lowest BCUT2D eigenvalue weighted by molar-refractivity contribution is -0.124. The van der Waals surface area contributed by atoms with Crippen LogP contribution in [0.2, 0.25) is 0 Å². The first-order valence-corrected chi connectivity index (χ1v) is 10.6. The molecule has 0 radical (unpaired) electrons. The van der Waals surface area contributed by atoms with E-state index in [-0.39, 0.29) is 18.4 Å². The van der Waals surface area contributed by atoms with E-state index in [1.54, 1.807) is 18.2 Å². The van der Waals surface area contributed by atoms with E-state index in [0.717, 1.165) is 4.88 Å². The third kappa shape index (κ3) is 5.64. The lowest BCUT2D eigenvalue weighted by Crippen LogP contribution is -2.49. The van der Waals surface area contributed by atoms with Gasteiger partial charge in [-0.2, -0.15) is 0 Å². The summed E-state index contributed by atoms with van der Waals surface area (Å²) in [6.07, 6.45) is 1.51. The fourth-order valence-electron chi connectivity index (χ4n) is 2.89. The summed E-state index contributed by atoms with van der Waals surface area (Å²) < 4.78 is 15.9. The van der Waals surface area contributed by atoms with E-state index < -0.39 is 11.9 Å². The molecular formula is C22H25N3O5S. The molecule has 2 amide bonds. The highest BCUT2D eigenvalue weighted by molar-refractivity contribution is 7.13. The maximum atomic E-state index is 12.8. The Hall–Kier alpha value is -3.33. The van der Waals surface area contributed by atoms with Gasteiger partial charge in [-0.15, -0.1) is 11.3 Å². The maximum Gasteiger partial charge on any atom is 0.252 e. The van der Waals surface area contributed by atoms with Crippen LogP contribution in [0, 0.1) is 5.92 Å². The highest BCUT2D eigenvalue weighted by Gasteiger charge is 2.25. The molecule has 31 heavy (non-hydrogen) atoms. The molecule has 0 bridgehead atoms. The molecule has 0 aliphatic heterocycles. The van der Waals surface area contributed by atoms with Gasteiger partial charge in [-0.05, 0) is 29.5 Å². The second kappa shape index (κ2) is 10.1. The van der Waals surface area contributed by atoms with Gasteiger partial charge in [-0.1, -0.05) is 19.9 Å². The third-order valence-corrected chi connectivity index (χ3v) is 5.43. The van der Waals surface area contributed by atoms with Crippen LogP contribution in [0.25, 0.3) is 10.8 Å². The summed E-state index contributed by atoms with van der Waals surface area (Å²) in [5.74, 6) is 0.659. The normalized spacial score (nSPS) is 11.8. The standard InChI is InChI=1S/C22H25N3O5S/c1-13(2)19(25-20(26)14-8-16(28-3)10-17(9-14)29-4)21(27)23-11-15-12-30-22(24-15)18-6-5-7-31-18/h5-10,12-13,19H,11H2,1-4H3,(H,23,27)(H,25,26). The molecule has 1 unspecified atom stereocenters. The van der Waals surface area contributed by atoms with Gasteiger partial charge in [0.15, 0.2) is 0 Å². The first-order chi connectivity index (χ1) is 14.9. The number of carbonyl (C=O) groups excluding carboxylic acids is 2. The Labute approximate surface area is 184 Å². The van der Waals surface area contributed by atoms with E-state index in [9.17, 15) is 9.59 Å². The van der Waals surface area contributed by atoms with Crippen molar-refractivity contribution in [2.24, 2.45) is 5.92 Å². The Bertz CT molecular complexity index is 1010. The van der Waals surface area contributed by atoms with Crippen molar-refractivity contribution >= 4 is 23.2 Å². The van der Waals surface area contributed by atoms with E-state index in [1.165, 1.54) is 31.8 Å². The molecule has 2 N–H and O–H groups in total. The number of thiophene rings is 1. The van der Waals surface area contributed by atoms with E-state index >= 15 is 0 Å². The zero-order valence-corrected chi connectivity index (χ0v) is 18.6. The van der Waals surface area contributed by atoms with Crippen molar-refractivity contribution in [1.29, 1.82) is 0 Å². The first-order valence-electron chi connectivity index (χ1n) is 9.71. The summed E-state index contributed by atoms with van der Waals surface area (Å²) >= 11 is 1.52. The van der Waals surface area contributed by atoms with Crippen LogP contribution >= 0.6 is 11.3 Å².